The first-order chi connectivity index (χ1) is 12.5. The minimum absolute atomic E-state index is 0.377. The molecule has 0 aliphatic rings. The Morgan fingerprint density at radius 2 is 1.73 bits per heavy atom. The van der Waals surface area contributed by atoms with Crippen molar-refractivity contribution in [1.82, 2.24) is 20.0 Å². The highest BCUT2D eigenvalue weighted by atomic mass is 32.2. The Morgan fingerprint density at radius 3 is 2.50 bits per heavy atom. The van der Waals surface area contributed by atoms with Crippen LogP contribution >= 0.6 is 0 Å². The monoisotopic (exact) mass is 368 g/mol. The van der Waals surface area contributed by atoms with Crippen molar-refractivity contribution in [1.29, 1.82) is 0 Å². The second kappa shape index (κ2) is 6.26. The van der Waals surface area contributed by atoms with Gasteiger partial charge in [0.1, 0.15) is 17.7 Å². The number of hydrogen-bond donors (Lipinski definition) is 2. The number of hydrogen-bond acceptors (Lipinski definition) is 6. The third-order valence-corrected chi connectivity index (χ3v) is 4.38. The first kappa shape index (κ1) is 16.3. The molecule has 9 heteroatoms. The van der Waals surface area contributed by atoms with Crippen LogP contribution in [0.15, 0.2) is 54.7 Å². The molecule has 0 radical (unpaired) electrons. The number of nitrogens with one attached hydrogen (secondary N) is 2. The quantitative estimate of drug-likeness (QED) is 0.561. The zero-order valence-electron chi connectivity index (χ0n) is 13.9. The van der Waals surface area contributed by atoms with Gasteiger partial charge >= 0.3 is 0 Å². The maximum atomic E-state index is 11.2. The molecule has 4 aromatic rings. The molecule has 0 saturated carbocycles. The lowest BCUT2D eigenvalue weighted by Crippen LogP contribution is -2.11. The molecular formula is C17H16N6O2S. The molecule has 4 rings (SSSR count). The van der Waals surface area contributed by atoms with Gasteiger partial charge in [0.05, 0.1) is 11.8 Å². The van der Waals surface area contributed by atoms with E-state index in [9.17, 15) is 8.42 Å². The van der Waals surface area contributed by atoms with Gasteiger partial charge in [-0.05, 0) is 36.4 Å². The third kappa shape index (κ3) is 3.42. The Bertz CT molecular complexity index is 1190. The van der Waals surface area contributed by atoms with Crippen LogP contribution in [-0.4, -0.2) is 34.7 Å². The molecule has 0 saturated heterocycles. The first-order valence-corrected chi connectivity index (χ1v) is 9.77. The summed E-state index contributed by atoms with van der Waals surface area (Å²) in [5.41, 5.74) is 3.71. The summed E-state index contributed by atoms with van der Waals surface area (Å²) >= 11 is 0. The van der Waals surface area contributed by atoms with Crippen LogP contribution in [0.1, 0.15) is 0 Å². The van der Waals surface area contributed by atoms with Crippen LogP contribution in [0, 0.1) is 0 Å². The van der Waals surface area contributed by atoms with E-state index in [4.69, 9.17) is 0 Å². The molecular weight excluding hydrogens is 352 g/mol. The maximum absolute atomic E-state index is 11.2. The summed E-state index contributed by atoms with van der Waals surface area (Å²) in [5.74, 6) is 0. The van der Waals surface area contributed by atoms with Crippen LogP contribution < -0.4 is 10.0 Å². The first-order valence-electron chi connectivity index (χ1n) is 7.88. The average molecular weight is 368 g/mol. The molecule has 2 aromatic heterocycles. The Morgan fingerprint density at radius 1 is 0.962 bits per heavy atom. The van der Waals surface area contributed by atoms with Crippen LogP contribution in [-0.2, 0) is 16.7 Å². The number of fused-ring (bicyclic) bond motifs is 3. The molecule has 26 heavy (non-hydrogen) atoms. The third-order valence-electron chi connectivity index (χ3n) is 3.78. The van der Waals surface area contributed by atoms with Gasteiger partial charge in [-0.25, -0.2) is 8.42 Å². The van der Waals surface area contributed by atoms with Crippen molar-refractivity contribution in [2.24, 2.45) is 0 Å². The summed E-state index contributed by atoms with van der Waals surface area (Å²) in [6, 6.07) is 14.7. The van der Waals surface area contributed by atoms with Crippen LogP contribution in [0.3, 0.4) is 0 Å². The van der Waals surface area contributed by atoms with Gasteiger partial charge in [-0.15, -0.1) is 5.10 Å². The van der Waals surface area contributed by atoms with Gasteiger partial charge in [-0.3, -0.25) is 9.71 Å². The van der Waals surface area contributed by atoms with E-state index in [1.54, 1.807) is 35.3 Å². The van der Waals surface area contributed by atoms with E-state index in [0.717, 1.165) is 33.9 Å². The molecule has 0 amide bonds. The predicted octanol–water partition coefficient (Wildman–Crippen LogP) is 2.42. The number of pyridine rings is 1. The van der Waals surface area contributed by atoms with Crippen LogP contribution in [0.5, 0.6) is 0 Å². The van der Waals surface area contributed by atoms with E-state index in [-0.39, 0.29) is 0 Å². The Labute approximate surface area is 149 Å². The number of aromatic nitrogens is 4. The van der Waals surface area contributed by atoms with E-state index in [0.29, 0.717) is 12.4 Å². The van der Waals surface area contributed by atoms with Crippen molar-refractivity contribution >= 4 is 43.3 Å². The lowest BCUT2D eigenvalue weighted by molar-refractivity contribution is 0.587. The second-order valence-electron chi connectivity index (χ2n) is 5.87. The molecule has 2 aromatic carbocycles. The summed E-state index contributed by atoms with van der Waals surface area (Å²) in [6.07, 6.45) is 2.86. The minimum Gasteiger partial charge on any atom is -0.365 e. The van der Waals surface area contributed by atoms with Crippen molar-refractivity contribution < 1.29 is 8.42 Å². The van der Waals surface area contributed by atoms with Crippen LogP contribution in [0.2, 0.25) is 0 Å². The molecule has 2 N–H and O–H groups in total. The maximum Gasteiger partial charge on any atom is 0.229 e. The van der Waals surface area contributed by atoms with Gasteiger partial charge in [-0.1, -0.05) is 12.1 Å². The number of rotatable bonds is 5. The van der Waals surface area contributed by atoms with E-state index in [1.807, 2.05) is 24.3 Å². The lowest BCUT2D eigenvalue weighted by atomic mass is 10.2. The highest BCUT2D eigenvalue weighted by Gasteiger charge is 2.08. The number of benzene rings is 2. The number of nitrogens with zero attached hydrogens (tertiary/aromatic N) is 4. The van der Waals surface area contributed by atoms with E-state index < -0.39 is 10.0 Å². The summed E-state index contributed by atoms with van der Waals surface area (Å²) in [5, 5.41) is 13.2. The smallest absolute Gasteiger partial charge is 0.229 e. The summed E-state index contributed by atoms with van der Waals surface area (Å²) in [4.78, 5) is 5.96. The fourth-order valence-electron chi connectivity index (χ4n) is 2.66. The fourth-order valence-corrected chi connectivity index (χ4v) is 3.23. The summed E-state index contributed by atoms with van der Waals surface area (Å²) in [7, 11) is -3.28. The lowest BCUT2D eigenvalue weighted by Gasteiger charge is -2.07. The largest absolute Gasteiger partial charge is 0.365 e. The van der Waals surface area contributed by atoms with Crippen LogP contribution in [0.4, 0.5) is 11.4 Å². The molecule has 0 fully saturated rings. The number of anilines is 2. The molecule has 0 atom stereocenters. The van der Waals surface area contributed by atoms with Crippen LogP contribution in [0.25, 0.3) is 21.9 Å². The van der Waals surface area contributed by atoms with Crippen molar-refractivity contribution in [2.75, 3.05) is 16.3 Å². The molecule has 2 heterocycles. The molecule has 132 valence electrons. The molecule has 8 nitrogen and oxygen atoms in total. The Hall–Kier alpha value is -3.20. The Balaban J connectivity index is 1.52. The van der Waals surface area contributed by atoms with E-state index >= 15 is 0 Å². The van der Waals surface area contributed by atoms with Crippen molar-refractivity contribution in [2.45, 2.75) is 6.67 Å². The van der Waals surface area contributed by atoms with Gasteiger partial charge in [0.2, 0.25) is 10.0 Å². The van der Waals surface area contributed by atoms with Crippen molar-refractivity contribution in [3.8, 4) is 0 Å². The SMILES string of the molecule is CS(=O)(=O)Nc1ccc(NCn2nc3ccc4cccnc4c3n2)cc1. The molecule has 0 spiro atoms. The van der Waals surface area contributed by atoms with E-state index in [2.05, 4.69) is 25.2 Å². The van der Waals surface area contributed by atoms with Gasteiger partial charge < -0.3 is 5.32 Å². The Kier molecular flexibility index (Phi) is 3.92. The van der Waals surface area contributed by atoms with Crippen molar-refractivity contribution in [3.63, 3.8) is 0 Å². The fraction of sp³-hybridized carbons (Fsp3) is 0.118. The van der Waals surface area contributed by atoms with Gasteiger partial charge in [0.25, 0.3) is 0 Å². The normalized spacial score (nSPS) is 11.7. The van der Waals surface area contributed by atoms with Gasteiger partial charge in [0, 0.05) is 23.0 Å². The topological polar surface area (TPSA) is 102 Å². The highest BCUT2D eigenvalue weighted by Crippen LogP contribution is 2.20. The molecule has 0 bridgehead atoms. The van der Waals surface area contributed by atoms with Gasteiger partial charge in [-0.2, -0.15) is 9.90 Å². The standard InChI is InChI=1S/C17H16N6O2S/c1-26(24,25)22-14-7-5-13(6-8-14)19-11-23-20-15-9-4-12-3-2-10-18-16(12)17(15)21-23/h2-10,19,22H,11H2,1H3. The summed E-state index contributed by atoms with van der Waals surface area (Å²) < 4.78 is 24.9. The zero-order chi connectivity index (χ0) is 18.1. The average Bonchev–Trinajstić information content (AvgIpc) is 3.03. The molecule has 0 aliphatic carbocycles. The summed E-state index contributed by atoms with van der Waals surface area (Å²) in [6.45, 7) is 0.377. The van der Waals surface area contributed by atoms with Crippen molar-refractivity contribution in [3.05, 3.63) is 54.7 Å². The predicted molar refractivity (Wildman–Crippen MR) is 101 cm³/mol. The van der Waals surface area contributed by atoms with E-state index in [1.165, 1.54) is 0 Å². The highest BCUT2D eigenvalue weighted by molar-refractivity contribution is 7.92. The molecule has 0 aliphatic heterocycles. The van der Waals surface area contributed by atoms with Gasteiger partial charge in [0.15, 0.2) is 0 Å². The minimum atomic E-state index is -3.28. The zero-order valence-corrected chi connectivity index (χ0v) is 14.7. The molecule has 0 unspecified atom stereocenters. The number of sulfonamides is 1. The second-order valence-corrected chi connectivity index (χ2v) is 7.62.